The molecule has 1 heterocycles. The van der Waals surface area contributed by atoms with Crippen LogP contribution in [-0.4, -0.2) is 9.78 Å². The van der Waals surface area contributed by atoms with Gasteiger partial charge in [-0.15, -0.1) is 0 Å². The van der Waals surface area contributed by atoms with Crippen LogP contribution >= 0.6 is 0 Å². The second kappa shape index (κ2) is 3.65. The van der Waals surface area contributed by atoms with Gasteiger partial charge >= 0.3 is 0 Å². The number of anilines is 3. The van der Waals surface area contributed by atoms with Gasteiger partial charge in [0.15, 0.2) is 0 Å². The van der Waals surface area contributed by atoms with E-state index in [1.165, 1.54) is 0 Å². The standard InChI is InChI=1S/C11H14N4/c1-8-10(12)4-3-5-11(8)14-9-6-13-15(2)7-9/h3-7,14H,12H2,1-2H3. The van der Waals surface area contributed by atoms with Gasteiger partial charge in [-0.2, -0.15) is 5.10 Å². The SMILES string of the molecule is Cc1c(N)cccc1Nc1cnn(C)c1. The Balaban J connectivity index is 2.28. The lowest BCUT2D eigenvalue weighted by molar-refractivity contribution is 0.768. The van der Waals surface area contributed by atoms with Gasteiger partial charge in [0.05, 0.1) is 11.9 Å². The van der Waals surface area contributed by atoms with Gasteiger partial charge in [0.1, 0.15) is 0 Å². The molecule has 4 heteroatoms. The van der Waals surface area contributed by atoms with Crippen LogP contribution in [0.3, 0.4) is 0 Å². The molecule has 0 fully saturated rings. The van der Waals surface area contributed by atoms with Crippen molar-refractivity contribution in [2.75, 3.05) is 11.1 Å². The highest BCUT2D eigenvalue weighted by atomic mass is 15.3. The molecule has 0 unspecified atom stereocenters. The Bertz CT molecular complexity index is 473. The number of nitrogen functional groups attached to an aromatic ring is 1. The Morgan fingerprint density at radius 1 is 1.40 bits per heavy atom. The molecule has 0 aliphatic carbocycles. The van der Waals surface area contributed by atoms with Crippen molar-refractivity contribution in [1.29, 1.82) is 0 Å². The third-order valence-corrected chi connectivity index (χ3v) is 2.36. The first-order valence-electron chi connectivity index (χ1n) is 4.77. The Labute approximate surface area is 88.7 Å². The number of nitrogens with two attached hydrogens (primary N) is 1. The molecule has 2 rings (SSSR count). The van der Waals surface area contributed by atoms with Crippen LogP contribution < -0.4 is 11.1 Å². The molecule has 0 bridgehead atoms. The number of nitrogens with zero attached hydrogens (tertiary/aromatic N) is 2. The van der Waals surface area contributed by atoms with Crippen molar-refractivity contribution in [2.24, 2.45) is 7.05 Å². The quantitative estimate of drug-likeness (QED) is 0.733. The number of hydrogen-bond donors (Lipinski definition) is 2. The molecule has 1 aromatic carbocycles. The molecular weight excluding hydrogens is 188 g/mol. The minimum Gasteiger partial charge on any atom is -0.398 e. The smallest absolute Gasteiger partial charge is 0.0770 e. The highest BCUT2D eigenvalue weighted by Gasteiger charge is 2.02. The second-order valence-corrected chi connectivity index (χ2v) is 3.55. The van der Waals surface area contributed by atoms with Crippen LogP contribution in [0.2, 0.25) is 0 Å². The molecule has 1 aromatic heterocycles. The fraction of sp³-hybridized carbons (Fsp3) is 0.182. The monoisotopic (exact) mass is 202 g/mol. The first-order chi connectivity index (χ1) is 7.16. The molecule has 0 aliphatic heterocycles. The van der Waals surface area contributed by atoms with Crippen LogP contribution in [0.15, 0.2) is 30.6 Å². The van der Waals surface area contributed by atoms with Crippen LogP contribution in [0.4, 0.5) is 17.1 Å². The maximum Gasteiger partial charge on any atom is 0.0770 e. The molecule has 2 aromatic rings. The van der Waals surface area contributed by atoms with Crippen molar-refractivity contribution in [2.45, 2.75) is 6.92 Å². The van der Waals surface area contributed by atoms with E-state index in [-0.39, 0.29) is 0 Å². The van der Waals surface area contributed by atoms with Gasteiger partial charge in [-0.3, -0.25) is 4.68 Å². The third kappa shape index (κ3) is 1.93. The molecule has 15 heavy (non-hydrogen) atoms. The highest BCUT2D eigenvalue weighted by Crippen LogP contribution is 2.23. The van der Waals surface area contributed by atoms with Gasteiger partial charge in [0, 0.05) is 24.6 Å². The van der Waals surface area contributed by atoms with E-state index in [4.69, 9.17) is 5.73 Å². The van der Waals surface area contributed by atoms with Gasteiger partial charge in [-0.1, -0.05) is 6.07 Å². The van der Waals surface area contributed by atoms with Crippen LogP contribution in [0, 0.1) is 6.92 Å². The molecular formula is C11H14N4. The minimum absolute atomic E-state index is 0.795. The molecule has 0 amide bonds. The summed E-state index contributed by atoms with van der Waals surface area (Å²) in [4.78, 5) is 0. The Morgan fingerprint density at radius 2 is 2.20 bits per heavy atom. The van der Waals surface area contributed by atoms with E-state index in [0.717, 1.165) is 22.6 Å². The van der Waals surface area contributed by atoms with E-state index in [1.54, 1.807) is 10.9 Å². The highest BCUT2D eigenvalue weighted by molar-refractivity contribution is 5.68. The average Bonchev–Trinajstić information content (AvgIpc) is 2.59. The normalized spacial score (nSPS) is 10.3. The molecule has 0 saturated carbocycles. The van der Waals surface area contributed by atoms with E-state index >= 15 is 0 Å². The van der Waals surface area contributed by atoms with E-state index in [2.05, 4.69) is 10.4 Å². The Kier molecular flexibility index (Phi) is 2.33. The molecule has 3 N–H and O–H groups in total. The molecule has 0 atom stereocenters. The number of nitrogens with one attached hydrogen (secondary N) is 1. The van der Waals surface area contributed by atoms with Crippen molar-refractivity contribution < 1.29 is 0 Å². The van der Waals surface area contributed by atoms with Crippen molar-refractivity contribution in [3.8, 4) is 0 Å². The van der Waals surface area contributed by atoms with Gasteiger partial charge in [0.2, 0.25) is 0 Å². The predicted molar refractivity (Wildman–Crippen MR) is 62.1 cm³/mol. The molecule has 78 valence electrons. The summed E-state index contributed by atoms with van der Waals surface area (Å²) in [5, 5.41) is 7.36. The molecule has 0 aliphatic rings. The molecule has 4 nitrogen and oxygen atoms in total. The lowest BCUT2D eigenvalue weighted by Gasteiger charge is -2.08. The zero-order valence-electron chi connectivity index (χ0n) is 8.86. The number of hydrogen-bond acceptors (Lipinski definition) is 3. The maximum atomic E-state index is 5.82. The molecule has 0 spiro atoms. The van der Waals surface area contributed by atoms with E-state index in [0.29, 0.717) is 0 Å². The number of aryl methyl sites for hydroxylation is 1. The number of benzene rings is 1. The fourth-order valence-electron chi connectivity index (χ4n) is 1.43. The largest absolute Gasteiger partial charge is 0.398 e. The number of rotatable bonds is 2. The first kappa shape index (κ1) is 9.58. The van der Waals surface area contributed by atoms with Crippen LogP contribution in [-0.2, 0) is 7.05 Å². The summed E-state index contributed by atoms with van der Waals surface area (Å²) in [7, 11) is 1.89. The summed E-state index contributed by atoms with van der Waals surface area (Å²) in [5.74, 6) is 0. The topological polar surface area (TPSA) is 55.9 Å². The van der Waals surface area contributed by atoms with Gasteiger partial charge in [-0.05, 0) is 24.6 Å². The molecule has 0 radical (unpaired) electrons. The predicted octanol–water partition coefficient (Wildman–Crippen LogP) is 2.05. The first-order valence-corrected chi connectivity index (χ1v) is 4.77. The van der Waals surface area contributed by atoms with Gasteiger partial charge in [0.25, 0.3) is 0 Å². The summed E-state index contributed by atoms with van der Waals surface area (Å²) < 4.78 is 1.75. The third-order valence-electron chi connectivity index (χ3n) is 2.36. The summed E-state index contributed by atoms with van der Waals surface area (Å²) in [5.41, 5.74) is 9.65. The van der Waals surface area contributed by atoms with Crippen LogP contribution in [0.5, 0.6) is 0 Å². The lowest BCUT2D eigenvalue weighted by atomic mass is 10.1. The summed E-state index contributed by atoms with van der Waals surface area (Å²) >= 11 is 0. The number of aromatic nitrogens is 2. The second-order valence-electron chi connectivity index (χ2n) is 3.55. The van der Waals surface area contributed by atoms with Crippen molar-refractivity contribution in [3.63, 3.8) is 0 Å². The average molecular weight is 202 g/mol. The minimum atomic E-state index is 0.795. The summed E-state index contributed by atoms with van der Waals surface area (Å²) in [6.07, 6.45) is 3.70. The van der Waals surface area contributed by atoms with Crippen molar-refractivity contribution >= 4 is 17.1 Å². The zero-order valence-corrected chi connectivity index (χ0v) is 8.86. The zero-order chi connectivity index (χ0) is 10.8. The van der Waals surface area contributed by atoms with Crippen LogP contribution in [0.1, 0.15) is 5.56 Å². The summed E-state index contributed by atoms with van der Waals surface area (Å²) in [6.45, 7) is 1.99. The maximum absolute atomic E-state index is 5.82. The van der Waals surface area contributed by atoms with E-state index < -0.39 is 0 Å². The summed E-state index contributed by atoms with van der Waals surface area (Å²) in [6, 6.07) is 5.82. The van der Waals surface area contributed by atoms with Gasteiger partial charge < -0.3 is 11.1 Å². The lowest BCUT2D eigenvalue weighted by Crippen LogP contribution is -1.96. The van der Waals surface area contributed by atoms with Crippen molar-refractivity contribution in [1.82, 2.24) is 9.78 Å². The van der Waals surface area contributed by atoms with E-state index in [9.17, 15) is 0 Å². The molecule has 0 saturated heterocycles. The van der Waals surface area contributed by atoms with Gasteiger partial charge in [-0.25, -0.2) is 0 Å². The fourth-order valence-corrected chi connectivity index (χ4v) is 1.43. The Morgan fingerprint density at radius 3 is 2.87 bits per heavy atom. The van der Waals surface area contributed by atoms with Crippen molar-refractivity contribution in [3.05, 3.63) is 36.2 Å². The van der Waals surface area contributed by atoms with Crippen LogP contribution in [0.25, 0.3) is 0 Å². The Hall–Kier alpha value is -1.97. The van der Waals surface area contributed by atoms with E-state index in [1.807, 2.05) is 38.4 Å².